The summed E-state index contributed by atoms with van der Waals surface area (Å²) < 4.78 is 5.19. The van der Waals surface area contributed by atoms with E-state index in [-0.39, 0.29) is 0 Å². The van der Waals surface area contributed by atoms with E-state index in [0.717, 1.165) is 31.9 Å². The summed E-state index contributed by atoms with van der Waals surface area (Å²) in [5.41, 5.74) is 1.23. The molecule has 1 fully saturated rings. The van der Waals surface area contributed by atoms with Gasteiger partial charge in [0.1, 0.15) is 5.75 Å². The zero-order valence-corrected chi connectivity index (χ0v) is 10.7. The van der Waals surface area contributed by atoms with Gasteiger partial charge in [0.15, 0.2) is 0 Å². The first-order chi connectivity index (χ1) is 8.31. The van der Waals surface area contributed by atoms with Crippen molar-refractivity contribution in [3.8, 4) is 5.75 Å². The lowest BCUT2D eigenvalue weighted by atomic mass is 10.2. The number of aromatic nitrogens is 1. The Bertz CT molecular complexity index is 348. The van der Waals surface area contributed by atoms with Gasteiger partial charge in [0.05, 0.1) is 13.3 Å². The molecule has 0 amide bonds. The monoisotopic (exact) mass is 235 g/mol. The van der Waals surface area contributed by atoms with Crippen molar-refractivity contribution in [2.24, 2.45) is 0 Å². The second kappa shape index (κ2) is 5.98. The fourth-order valence-corrected chi connectivity index (χ4v) is 2.18. The summed E-state index contributed by atoms with van der Waals surface area (Å²) in [6, 6.07) is 2.07. The Balaban J connectivity index is 1.88. The normalized spacial score (nSPS) is 18.2. The smallest absolute Gasteiger partial charge is 0.137 e. The molecule has 4 heteroatoms. The molecule has 1 aromatic rings. The second-order valence-electron chi connectivity index (χ2n) is 4.44. The van der Waals surface area contributed by atoms with Gasteiger partial charge in [-0.1, -0.05) is 6.92 Å². The van der Waals surface area contributed by atoms with Gasteiger partial charge in [-0.05, 0) is 18.2 Å². The molecule has 2 rings (SSSR count). The molecule has 0 radical (unpaired) electrons. The topological polar surface area (TPSA) is 28.6 Å². The molecule has 1 aliphatic heterocycles. The zero-order valence-electron chi connectivity index (χ0n) is 10.7. The van der Waals surface area contributed by atoms with Crippen LogP contribution in [0.15, 0.2) is 18.5 Å². The molecule has 0 N–H and O–H groups in total. The fraction of sp³-hybridized carbons (Fsp3) is 0.615. The number of methoxy groups -OCH3 is 1. The Morgan fingerprint density at radius 3 is 2.53 bits per heavy atom. The molecule has 1 aliphatic rings. The van der Waals surface area contributed by atoms with Crippen LogP contribution < -0.4 is 4.74 Å². The van der Waals surface area contributed by atoms with Crippen molar-refractivity contribution >= 4 is 0 Å². The number of piperazine rings is 1. The predicted molar refractivity (Wildman–Crippen MR) is 68.2 cm³/mol. The van der Waals surface area contributed by atoms with Crippen LogP contribution in [-0.4, -0.2) is 54.6 Å². The van der Waals surface area contributed by atoms with E-state index in [1.165, 1.54) is 18.7 Å². The minimum Gasteiger partial charge on any atom is -0.495 e. The molecule has 0 atom stereocenters. The number of hydrogen-bond donors (Lipinski definition) is 0. The highest BCUT2D eigenvalue weighted by Crippen LogP contribution is 2.13. The summed E-state index contributed by atoms with van der Waals surface area (Å²) in [6.45, 7) is 9.00. The van der Waals surface area contributed by atoms with Crippen molar-refractivity contribution in [2.75, 3.05) is 39.8 Å². The third-order valence-electron chi connectivity index (χ3n) is 3.32. The van der Waals surface area contributed by atoms with Crippen LogP contribution in [0.5, 0.6) is 5.75 Å². The molecule has 0 bridgehead atoms. The molecule has 94 valence electrons. The molecule has 0 spiro atoms. The Morgan fingerprint density at radius 1 is 1.18 bits per heavy atom. The minimum atomic E-state index is 0.842. The van der Waals surface area contributed by atoms with Crippen LogP contribution in [-0.2, 0) is 6.54 Å². The van der Waals surface area contributed by atoms with Gasteiger partial charge in [0.2, 0.25) is 0 Å². The standard InChI is InChI=1S/C13H21N3O/c1-3-15-4-6-16(7-5-15)11-12-8-13(17-2)10-14-9-12/h8-10H,3-7,11H2,1-2H3. The number of rotatable bonds is 4. The summed E-state index contributed by atoms with van der Waals surface area (Å²) in [6.07, 6.45) is 3.67. The Hall–Kier alpha value is -1.13. The minimum absolute atomic E-state index is 0.842. The first kappa shape index (κ1) is 12.3. The largest absolute Gasteiger partial charge is 0.495 e. The molecule has 0 aliphatic carbocycles. The molecule has 0 unspecified atom stereocenters. The van der Waals surface area contributed by atoms with Gasteiger partial charge in [0, 0.05) is 38.9 Å². The molecule has 0 aromatic carbocycles. The average molecular weight is 235 g/mol. The molecule has 0 saturated carbocycles. The zero-order chi connectivity index (χ0) is 12.1. The Kier molecular flexibility index (Phi) is 4.34. The van der Waals surface area contributed by atoms with Crippen molar-refractivity contribution < 1.29 is 4.74 Å². The summed E-state index contributed by atoms with van der Waals surface area (Å²) in [5, 5.41) is 0. The molecule has 1 aromatic heterocycles. The van der Waals surface area contributed by atoms with Crippen LogP contribution in [0.3, 0.4) is 0 Å². The van der Waals surface area contributed by atoms with E-state index in [2.05, 4.69) is 27.8 Å². The van der Waals surface area contributed by atoms with E-state index >= 15 is 0 Å². The van der Waals surface area contributed by atoms with Crippen molar-refractivity contribution in [1.82, 2.24) is 14.8 Å². The lowest BCUT2D eigenvalue weighted by molar-refractivity contribution is 0.132. The predicted octanol–water partition coefficient (Wildman–Crippen LogP) is 1.23. The lowest BCUT2D eigenvalue weighted by Gasteiger charge is -2.33. The number of nitrogens with zero attached hydrogens (tertiary/aromatic N) is 3. The van der Waals surface area contributed by atoms with E-state index in [4.69, 9.17) is 4.74 Å². The van der Waals surface area contributed by atoms with Gasteiger partial charge in [-0.15, -0.1) is 0 Å². The quantitative estimate of drug-likeness (QED) is 0.785. The Labute approximate surface area is 103 Å². The van der Waals surface area contributed by atoms with Gasteiger partial charge >= 0.3 is 0 Å². The van der Waals surface area contributed by atoms with E-state index in [0.29, 0.717) is 0 Å². The Morgan fingerprint density at radius 2 is 1.88 bits per heavy atom. The van der Waals surface area contributed by atoms with E-state index in [1.807, 2.05) is 6.20 Å². The lowest BCUT2D eigenvalue weighted by Crippen LogP contribution is -2.45. The number of likely N-dealkylation sites (N-methyl/N-ethyl adjacent to an activating group) is 1. The van der Waals surface area contributed by atoms with Crippen molar-refractivity contribution in [3.63, 3.8) is 0 Å². The van der Waals surface area contributed by atoms with Gasteiger partial charge in [-0.25, -0.2) is 0 Å². The first-order valence-corrected chi connectivity index (χ1v) is 6.24. The van der Waals surface area contributed by atoms with Crippen LogP contribution >= 0.6 is 0 Å². The molecule has 2 heterocycles. The van der Waals surface area contributed by atoms with Gasteiger partial charge in [-0.3, -0.25) is 9.88 Å². The van der Waals surface area contributed by atoms with Crippen LogP contribution in [0.4, 0.5) is 0 Å². The van der Waals surface area contributed by atoms with Crippen LogP contribution in [0.1, 0.15) is 12.5 Å². The average Bonchev–Trinajstić information content (AvgIpc) is 2.40. The van der Waals surface area contributed by atoms with Gasteiger partial charge in [0.25, 0.3) is 0 Å². The highest BCUT2D eigenvalue weighted by atomic mass is 16.5. The van der Waals surface area contributed by atoms with Crippen molar-refractivity contribution in [3.05, 3.63) is 24.0 Å². The number of ether oxygens (including phenoxy) is 1. The van der Waals surface area contributed by atoms with E-state index in [9.17, 15) is 0 Å². The molecular weight excluding hydrogens is 214 g/mol. The molecular formula is C13H21N3O. The van der Waals surface area contributed by atoms with Crippen molar-refractivity contribution in [1.29, 1.82) is 0 Å². The highest BCUT2D eigenvalue weighted by molar-refractivity contribution is 5.23. The summed E-state index contributed by atoms with van der Waals surface area (Å²) in [7, 11) is 1.68. The molecule has 17 heavy (non-hydrogen) atoms. The highest BCUT2D eigenvalue weighted by Gasteiger charge is 2.15. The summed E-state index contributed by atoms with van der Waals surface area (Å²) >= 11 is 0. The van der Waals surface area contributed by atoms with E-state index < -0.39 is 0 Å². The maximum Gasteiger partial charge on any atom is 0.137 e. The summed E-state index contributed by atoms with van der Waals surface area (Å²) in [4.78, 5) is 9.15. The van der Waals surface area contributed by atoms with Gasteiger partial charge in [-0.2, -0.15) is 0 Å². The van der Waals surface area contributed by atoms with Crippen LogP contribution in [0.25, 0.3) is 0 Å². The van der Waals surface area contributed by atoms with E-state index in [1.54, 1.807) is 13.3 Å². The SMILES string of the molecule is CCN1CCN(Cc2cncc(OC)c2)CC1. The van der Waals surface area contributed by atoms with Crippen LogP contribution in [0, 0.1) is 0 Å². The third kappa shape index (κ3) is 3.41. The fourth-order valence-electron chi connectivity index (χ4n) is 2.18. The number of pyridine rings is 1. The maximum atomic E-state index is 5.19. The summed E-state index contributed by atoms with van der Waals surface area (Å²) in [5.74, 6) is 0.842. The van der Waals surface area contributed by atoms with Gasteiger partial charge < -0.3 is 9.64 Å². The second-order valence-corrected chi connectivity index (χ2v) is 4.44. The van der Waals surface area contributed by atoms with Crippen LogP contribution in [0.2, 0.25) is 0 Å². The molecule has 1 saturated heterocycles. The molecule has 4 nitrogen and oxygen atoms in total. The maximum absolute atomic E-state index is 5.19. The first-order valence-electron chi connectivity index (χ1n) is 6.24. The van der Waals surface area contributed by atoms with Crippen molar-refractivity contribution in [2.45, 2.75) is 13.5 Å². The number of hydrogen-bond acceptors (Lipinski definition) is 4. The third-order valence-corrected chi connectivity index (χ3v) is 3.32.